The van der Waals surface area contributed by atoms with Crippen LogP contribution in [-0.2, 0) is 11.8 Å². The molecule has 5 nitrogen and oxygen atoms in total. The van der Waals surface area contributed by atoms with E-state index in [1.54, 1.807) is 4.68 Å². The summed E-state index contributed by atoms with van der Waals surface area (Å²) in [6.45, 7) is 7.74. The summed E-state index contributed by atoms with van der Waals surface area (Å²) in [5, 5.41) is 7.17. The fourth-order valence-corrected chi connectivity index (χ4v) is 1.73. The highest BCUT2D eigenvalue weighted by Crippen LogP contribution is 2.15. The Morgan fingerprint density at radius 2 is 2.06 bits per heavy atom. The van der Waals surface area contributed by atoms with Crippen molar-refractivity contribution in [2.45, 2.75) is 39.8 Å². The van der Waals surface area contributed by atoms with Gasteiger partial charge in [-0.15, -0.1) is 0 Å². The highest BCUT2D eigenvalue weighted by Gasteiger charge is 2.20. The second-order valence-corrected chi connectivity index (χ2v) is 4.84. The molecular formula is C12H22N4O. The average molecular weight is 238 g/mol. The van der Waals surface area contributed by atoms with Crippen LogP contribution in [-0.4, -0.2) is 21.7 Å². The van der Waals surface area contributed by atoms with Gasteiger partial charge in [-0.2, -0.15) is 5.10 Å². The Hall–Kier alpha value is -1.36. The largest absolute Gasteiger partial charge is 0.348 e. The Morgan fingerprint density at radius 3 is 2.47 bits per heavy atom. The summed E-state index contributed by atoms with van der Waals surface area (Å²) in [5.74, 6) is 0.0212. The number of rotatable bonds is 4. The van der Waals surface area contributed by atoms with Gasteiger partial charge in [0.1, 0.15) is 0 Å². The first-order valence-electron chi connectivity index (χ1n) is 5.89. The van der Waals surface area contributed by atoms with Crippen LogP contribution in [0.3, 0.4) is 0 Å². The van der Waals surface area contributed by atoms with Gasteiger partial charge in [0.2, 0.25) is 5.91 Å². The maximum Gasteiger partial charge on any atom is 0.237 e. The van der Waals surface area contributed by atoms with Crippen molar-refractivity contribution >= 4 is 5.91 Å². The second-order valence-electron chi connectivity index (χ2n) is 4.84. The number of nitrogens with two attached hydrogens (primary N) is 1. The maximum atomic E-state index is 11.8. The van der Waals surface area contributed by atoms with Gasteiger partial charge in [-0.1, -0.05) is 13.8 Å². The van der Waals surface area contributed by atoms with Crippen molar-refractivity contribution in [3.63, 3.8) is 0 Å². The summed E-state index contributed by atoms with van der Waals surface area (Å²) < 4.78 is 1.75. The Kier molecular flexibility index (Phi) is 4.28. The lowest BCUT2D eigenvalue weighted by molar-refractivity contribution is -0.123. The molecule has 1 aromatic heterocycles. The number of carbonyl (C=O) groups is 1. The van der Waals surface area contributed by atoms with E-state index >= 15 is 0 Å². The third-order valence-corrected chi connectivity index (χ3v) is 2.90. The lowest BCUT2D eigenvalue weighted by Crippen LogP contribution is -2.44. The molecule has 5 heteroatoms. The zero-order valence-corrected chi connectivity index (χ0v) is 11.2. The van der Waals surface area contributed by atoms with Crippen LogP contribution in [0.5, 0.6) is 0 Å². The molecule has 0 bridgehead atoms. The zero-order chi connectivity index (χ0) is 13.2. The van der Waals surface area contributed by atoms with E-state index in [2.05, 4.69) is 10.4 Å². The third kappa shape index (κ3) is 3.30. The Labute approximate surface area is 102 Å². The molecule has 0 saturated heterocycles. The molecule has 3 N–H and O–H groups in total. The maximum absolute atomic E-state index is 11.8. The van der Waals surface area contributed by atoms with Crippen molar-refractivity contribution in [1.82, 2.24) is 15.1 Å². The van der Waals surface area contributed by atoms with Crippen molar-refractivity contribution in [3.8, 4) is 0 Å². The number of hydrogen-bond donors (Lipinski definition) is 2. The van der Waals surface area contributed by atoms with Crippen molar-refractivity contribution in [1.29, 1.82) is 0 Å². The first-order valence-corrected chi connectivity index (χ1v) is 5.89. The van der Waals surface area contributed by atoms with Crippen LogP contribution in [0.25, 0.3) is 0 Å². The third-order valence-electron chi connectivity index (χ3n) is 2.90. The molecule has 2 atom stereocenters. The van der Waals surface area contributed by atoms with Crippen molar-refractivity contribution < 1.29 is 4.79 Å². The number of amides is 1. The van der Waals surface area contributed by atoms with Gasteiger partial charge in [0.15, 0.2) is 0 Å². The lowest BCUT2D eigenvalue weighted by Gasteiger charge is -2.19. The number of carbonyl (C=O) groups excluding carboxylic acids is 1. The molecule has 0 saturated carbocycles. The molecule has 1 heterocycles. The summed E-state index contributed by atoms with van der Waals surface area (Å²) in [7, 11) is 1.87. The molecule has 0 aliphatic heterocycles. The van der Waals surface area contributed by atoms with Crippen LogP contribution < -0.4 is 11.1 Å². The van der Waals surface area contributed by atoms with Gasteiger partial charge >= 0.3 is 0 Å². The Morgan fingerprint density at radius 1 is 1.47 bits per heavy atom. The molecule has 0 aromatic carbocycles. The van der Waals surface area contributed by atoms with Crippen LogP contribution in [0.15, 0.2) is 6.20 Å². The molecule has 1 unspecified atom stereocenters. The van der Waals surface area contributed by atoms with Gasteiger partial charge < -0.3 is 11.1 Å². The van der Waals surface area contributed by atoms with Crippen molar-refractivity contribution in [2.75, 3.05) is 0 Å². The smallest absolute Gasteiger partial charge is 0.237 e. The second kappa shape index (κ2) is 5.31. The highest BCUT2D eigenvalue weighted by molar-refractivity contribution is 5.82. The quantitative estimate of drug-likeness (QED) is 0.818. The van der Waals surface area contributed by atoms with Gasteiger partial charge in [-0.25, -0.2) is 0 Å². The molecule has 17 heavy (non-hydrogen) atoms. The number of aromatic nitrogens is 2. The number of hydrogen-bond acceptors (Lipinski definition) is 3. The van der Waals surface area contributed by atoms with E-state index in [0.29, 0.717) is 0 Å². The minimum atomic E-state index is -0.463. The topological polar surface area (TPSA) is 72.9 Å². The van der Waals surface area contributed by atoms with E-state index < -0.39 is 6.04 Å². The number of nitrogens with zero attached hydrogens (tertiary/aromatic N) is 2. The van der Waals surface area contributed by atoms with Gasteiger partial charge in [0.05, 0.1) is 17.8 Å². The van der Waals surface area contributed by atoms with Crippen LogP contribution >= 0.6 is 0 Å². The fourth-order valence-electron chi connectivity index (χ4n) is 1.73. The molecule has 0 aliphatic rings. The van der Waals surface area contributed by atoms with Gasteiger partial charge in [-0.3, -0.25) is 9.48 Å². The van der Waals surface area contributed by atoms with Gasteiger partial charge in [0.25, 0.3) is 0 Å². The monoisotopic (exact) mass is 238 g/mol. The summed E-state index contributed by atoms with van der Waals surface area (Å²) >= 11 is 0. The number of aryl methyl sites for hydroxylation is 2. The van der Waals surface area contributed by atoms with E-state index in [-0.39, 0.29) is 17.9 Å². The minimum absolute atomic E-state index is 0.0685. The predicted molar refractivity (Wildman–Crippen MR) is 67.3 cm³/mol. The minimum Gasteiger partial charge on any atom is -0.348 e. The molecule has 0 fully saturated rings. The molecule has 1 amide bonds. The summed E-state index contributed by atoms with van der Waals surface area (Å²) in [5.41, 5.74) is 7.75. The Bertz CT molecular complexity index is 397. The molecule has 1 aromatic rings. The first-order chi connectivity index (χ1) is 7.82. The van der Waals surface area contributed by atoms with E-state index in [9.17, 15) is 4.79 Å². The lowest BCUT2D eigenvalue weighted by atomic mass is 10.0. The molecular weight excluding hydrogens is 216 g/mol. The average Bonchev–Trinajstić information content (AvgIpc) is 2.56. The van der Waals surface area contributed by atoms with Crippen molar-refractivity contribution in [3.05, 3.63) is 17.5 Å². The van der Waals surface area contributed by atoms with Crippen molar-refractivity contribution in [2.24, 2.45) is 18.7 Å². The van der Waals surface area contributed by atoms with Crippen LogP contribution in [0.4, 0.5) is 0 Å². The fraction of sp³-hybridized carbons (Fsp3) is 0.667. The van der Waals surface area contributed by atoms with E-state index in [1.807, 2.05) is 40.9 Å². The van der Waals surface area contributed by atoms with Crippen LogP contribution in [0.1, 0.15) is 38.1 Å². The van der Waals surface area contributed by atoms with Gasteiger partial charge in [-0.05, 0) is 19.8 Å². The molecule has 1 rings (SSSR count). The first kappa shape index (κ1) is 13.7. The van der Waals surface area contributed by atoms with Gasteiger partial charge in [0, 0.05) is 18.8 Å². The van der Waals surface area contributed by atoms with Crippen LogP contribution in [0, 0.1) is 12.8 Å². The normalized spacial score (nSPS) is 14.8. The van der Waals surface area contributed by atoms with E-state index in [0.717, 1.165) is 11.3 Å². The van der Waals surface area contributed by atoms with E-state index in [1.165, 1.54) is 0 Å². The predicted octanol–water partition coefficient (Wildman–Crippen LogP) is 0.889. The highest BCUT2D eigenvalue weighted by atomic mass is 16.2. The molecule has 0 aliphatic carbocycles. The summed E-state index contributed by atoms with van der Waals surface area (Å²) in [6.07, 6.45) is 1.92. The number of nitrogens with one attached hydrogen (secondary N) is 1. The standard InChI is InChI=1S/C12H22N4O/c1-7(2)11(13)12(17)14-8(3)10-6-16(5)15-9(10)4/h6-8,11H,13H2,1-5H3,(H,14,17)/t8?,11-/m0/s1. The summed E-state index contributed by atoms with van der Waals surface area (Å²) in [6, 6.07) is -0.532. The summed E-state index contributed by atoms with van der Waals surface area (Å²) in [4.78, 5) is 11.8. The SMILES string of the molecule is Cc1nn(C)cc1C(C)NC(=O)[C@@H](N)C(C)C. The molecule has 0 spiro atoms. The molecule has 0 radical (unpaired) electrons. The Balaban J connectivity index is 2.70. The zero-order valence-electron chi connectivity index (χ0n) is 11.2. The van der Waals surface area contributed by atoms with E-state index in [4.69, 9.17) is 5.73 Å². The van der Waals surface area contributed by atoms with Crippen LogP contribution in [0.2, 0.25) is 0 Å². The molecule has 96 valence electrons.